The summed E-state index contributed by atoms with van der Waals surface area (Å²) in [5.74, 6) is -1.63. The average molecular weight is 431 g/mol. The summed E-state index contributed by atoms with van der Waals surface area (Å²) in [6, 6.07) is 4.80. The number of nitrogens with zero attached hydrogens (tertiary/aromatic N) is 3. The fourth-order valence-electron chi connectivity index (χ4n) is 2.12. The molecule has 14 heteroatoms. The first-order valence-electron chi connectivity index (χ1n) is 8.11. The van der Waals surface area contributed by atoms with Crippen LogP contribution in [0.2, 0.25) is 0 Å². The van der Waals surface area contributed by atoms with E-state index in [1.54, 1.807) is 0 Å². The Kier molecular flexibility index (Phi) is 5.97. The van der Waals surface area contributed by atoms with Crippen LogP contribution in [-0.2, 0) is 11.2 Å². The van der Waals surface area contributed by atoms with Gasteiger partial charge in [0.25, 0.3) is 11.5 Å². The Morgan fingerprint density at radius 3 is 2.70 bits per heavy atom. The molecule has 0 spiro atoms. The summed E-state index contributed by atoms with van der Waals surface area (Å²) >= 11 is 0.914. The molecule has 0 saturated carbocycles. The van der Waals surface area contributed by atoms with Gasteiger partial charge in [-0.05, 0) is 12.1 Å². The zero-order chi connectivity index (χ0) is 21.7. The number of nitrogens with one attached hydrogen (secondary N) is 4. The molecule has 0 radical (unpaired) electrons. The average Bonchev–Trinajstić information content (AvgIpc) is 3.09. The molecular weight excluding hydrogens is 418 g/mol. The van der Waals surface area contributed by atoms with Crippen LogP contribution in [0.15, 0.2) is 39.0 Å². The third kappa shape index (κ3) is 5.35. The van der Waals surface area contributed by atoms with E-state index in [2.05, 4.69) is 31.0 Å². The Bertz CT molecular complexity index is 1220. The van der Waals surface area contributed by atoms with Crippen molar-refractivity contribution in [1.82, 2.24) is 25.6 Å². The van der Waals surface area contributed by atoms with E-state index < -0.39 is 23.1 Å². The van der Waals surface area contributed by atoms with Gasteiger partial charge < -0.3 is 15.2 Å². The summed E-state index contributed by atoms with van der Waals surface area (Å²) < 4.78 is 0. The Morgan fingerprint density at radius 2 is 1.97 bits per heavy atom. The number of phenols is 2. The predicted molar refractivity (Wildman–Crippen MR) is 105 cm³/mol. The third-order valence-electron chi connectivity index (χ3n) is 3.41. The lowest BCUT2D eigenvalue weighted by atomic mass is 10.2. The highest BCUT2D eigenvalue weighted by molar-refractivity contribution is 7.15. The monoisotopic (exact) mass is 431 g/mol. The van der Waals surface area contributed by atoms with E-state index in [1.807, 2.05) is 4.98 Å². The number of hydrogen-bond donors (Lipinski definition) is 6. The van der Waals surface area contributed by atoms with Crippen molar-refractivity contribution in [2.45, 2.75) is 6.42 Å². The largest absolute Gasteiger partial charge is 0.508 e. The number of amides is 2. The van der Waals surface area contributed by atoms with E-state index in [-0.39, 0.29) is 39.3 Å². The molecule has 0 aliphatic carbocycles. The smallest absolute Gasteiger partial charge is 0.326 e. The highest BCUT2D eigenvalue weighted by Gasteiger charge is 2.13. The third-order valence-corrected chi connectivity index (χ3v) is 4.25. The second kappa shape index (κ2) is 8.78. The van der Waals surface area contributed by atoms with Gasteiger partial charge in [-0.2, -0.15) is 5.10 Å². The first kappa shape index (κ1) is 20.4. The van der Waals surface area contributed by atoms with Gasteiger partial charge in [-0.15, -0.1) is 10.2 Å². The van der Waals surface area contributed by atoms with Gasteiger partial charge in [-0.1, -0.05) is 11.3 Å². The van der Waals surface area contributed by atoms with E-state index in [4.69, 9.17) is 0 Å². The van der Waals surface area contributed by atoms with E-state index in [9.17, 15) is 29.4 Å². The molecule has 0 aliphatic heterocycles. The number of H-pyrrole nitrogens is 2. The second-order valence-corrected chi connectivity index (χ2v) is 6.73. The number of hydrazone groups is 1. The molecule has 0 bridgehead atoms. The van der Waals surface area contributed by atoms with Crippen LogP contribution in [0.3, 0.4) is 0 Å². The lowest BCUT2D eigenvalue weighted by Crippen LogP contribution is -2.27. The van der Waals surface area contributed by atoms with E-state index in [0.717, 1.165) is 23.5 Å². The van der Waals surface area contributed by atoms with Crippen LogP contribution in [0, 0.1) is 0 Å². The number of carbonyl (C=O) groups excluding carboxylic acids is 2. The summed E-state index contributed by atoms with van der Waals surface area (Å²) in [5, 5.41) is 32.7. The van der Waals surface area contributed by atoms with Gasteiger partial charge in [0.1, 0.15) is 22.2 Å². The van der Waals surface area contributed by atoms with Gasteiger partial charge in [-0.3, -0.25) is 24.7 Å². The van der Waals surface area contributed by atoms with Crippen molar-refractivity contribution in [2.75, 3.05) is 5.32 Å². The van der Waals surface area contributed by atoms with E-state index >= 15 is 0 Å². The van der Waals surface area contributed by atoms with Crippen LogP contribution in [-0.4, -0.2) is 48.4 Å². The molecule has 0 aliphatic rings. The number of aromatic hydroxyl groups is 2. The van der Waals surface area contributed by atoms with Gasteiger partial charge in [-0.25, -0.2) is 10.2 Å². The molecule has 3 aromatic rings. The second-order valence-electron chi connectivity index (χ2n) is 5.67. The topological polar surface area (TPSA) is 203 Å². The maximum atomic E-state index is 12.0. The maximum absolute atomic E-state index is 12.0. The number of aromatic nitrogens is 4. The lowest BCUT2D eigenvalue weighted by Gasteiger charge is -2.00. The number of anilines is 1. The van der Waals surface area contributed by atoms with Crippen molar-refractivity contribution >= 4 is 34.5 Å². The highest BCUT2D eigenvalue weighted by Crippen LogP contribution is 2.20. The van der Waals surface area contributed by atoms with Crippen molar-refractivity contribution in [3.05, 3.63) is 61.4 Å². The Balaban J connectivity index is 1.56. The summed E-state index contributed by atoms with van der Waals surface area (Å²) in [5.41, 5.74) is 0.699. The minimum Gasteiger partial charge on any atom is -0.508 e. The molecule has 0 atom stereocenters. The minimum absolute atomic E-state index is 0.0569. The minimum atomic E-state index is -0.830. The predicted octanol–water partition coefficient (Wildman–Crippen LogP) is -0.729. The number of rotatable bonds is 6. The van der Waals surface area contributed by atoms with Crippen molar-refractivity contribution in [3.63, 3.8) is 0 Å². The van der Waals surface area contributed by atoms with Crippen molar-refractivity contribution in [2.24, 2.45) is 5.10 Å². The highest BCUT2D eigenvalue weighted by atomic mass is 32.1. The Morgan fingerprint density at radius 1 is 1.17 bits per heavy atom. The normalized spacial score (nSPS) is 10.8. The van der Waals surface area contributed by atoms with Gasteiger partial charge in [0, 0.05) is 17.7 Å². The fourth-order valence-corrected chi connectivity index (χ4v) is 2.86. The number of benzene rings is 1. The van der Waals surface area contributed by atoms with Crippen LogP contribution in [0.5, 0.6) is 11.5 Å². The van der Waals surface area contributed by atoms with Crippen molar-refractivity contribution in [3.8, 4) is 11.5 Å². The molecule has 2 amide bonds. The van der Waals surface area contributed by atoms with Crippen molar-refractivity contribution in [1.29, 1.82) is 0 Å². The number of hydrogen-bond acceptors (Lipinski definition) is 10. The molecule has 2 heterocycles. The molecule has 1 aromatic carbocycles. The number of carbonyl (C=O) groups is 2. The quantitative estimate of drug-likeness (QED) is 0.216. The van der Waals surface area contributed by atoms with Crippen LogP contribution in [0.1, 0.15) is 21.1 Å². The standard InChI is InChI=1S/C16H13N7O6S/c24-8-2-1-7(10(25)3-8)6-17-21-12(27)5-13-22-23-16(30-13)20-14(28)9-4-11(26)19-15(29)18-9/h1-4,6,24-25H,5H2,(H,21,27)(H,20,23,28)(H2,18,19,26,29)/b17-6-. The maximum Gasteiger partial charge on any atom is 0.326 e. The molecule has 2 aromatic heterocycles. The molecule has 0 unspecified atom stereocenters. The zero-order valence-electron chi connectivity index (χ0n) is 14.9. The Labute approximate surface area is 170 Å². The molecule has 0 fully saturated rings. The number of phenolic OH excluding ortho intramolecular Hbond substituents is 2. The first-order valence-corrected chi connectivity index (χ1v) is 8.93. The number of aromatic amines is 2. The molecule has 154 valence electrons. The van der Waals surface area contributed by atoms with Crippen molar-refractivity contribution < 1.29 is 19.8 Å². The lowest BCUT2D eigenvalue weighted by molar-refractivity contribution is -0.120. The van der Waals surface area contributed by atoms with Crippen LogP contribution < -0.4 is 22.0 Å². The zero-order valence-corrected chi connectivity index (χ0v) is 15.7. The molecule has 3 rings (SSSR count). The molecule has 13 nitrogen and oxygen atoms in total. The van der Waals surface area contributed by atoms with Crippen LogP contribution in [0.4, 0.5) is 5.13 Å². The van der Waals surface area contributed by atoms with Gasteiger partial charge in [0.05, 0.1) is 12.6 Å². The SMILES string of the molecule is O=C(Cc1nnc(NC(=O)c2cc(=O)[nH]c(=O)[nH]2)s1)N/N=C\c1ccc(O)cc1O. The summed E-state index contributed by atoms with van der Waals surface area (Å²) in [4.78, 5) is 50.5. The molecular formula is C16H13N7O6S. The molecule has 0 saturated heterocycles. The van der Waals surface area contributed by atoms with Crippen LogP contribution >= 0.6 is 11.3 Å². The molecule has 6 N–H and O–H groups in total. The van der Waals surface area contributed by atoms with Gasteiger partial charge >= 0.3 is 5.69 Å². The van der Waals surface area contributed by atoms with E-state index in [1.165, 1.54) is 18.3 Å². The summed E-state index contributed by atoms with van der Waals surface area (Å²) in [6.07, 6.45) is 1.01. The van der Waals surface area contributed by atoms with Gasteiger partial charge in [0.15, 0.2) is 0 Å². The Hall–Kier alpha value is -4.33. The summed E-state index contributed by atoms with van der Waals surface area (Å²) in [7, 11) is 0. The fraction of sp³-hybridized carbons (Fsp3) is 0.0625. The molecule has 30 heavy (non-hydrogen) atoms. The van der Waals surface area contributed by atoms with E-state index in [0.29, 0.717) is 0 Å². The first-order chi connectivity index (χ1) is 14.3. The van der Waals surface area contributed by atoms with Gasteiger partial charge in [0.2, 0.25) is 11.0 Å². The van der Waals surface area contributed by atoms with Crippen LogP contribution in [0.25, 0.3) is 0 Å². The summed E-state index contributed by atoms with van der Waals surface area (Å²) in [6.45, 7) is 0.